The number of benzene rings is 1. The Morgan fingerprint density at radius 3 is 2.87 bits per heavy atom. The Morgan fingerprint density at radius 2 is 2.22 bits per heavy atom. The minimum atomic E-state index is -0.981. The fourth-order valence-electron chi connectivity index (χ4n) is 2.19. The quantitative estimate of drug-likeness (QED) is 0.750. The van der Waals surface area contributed by atoms with Gasteiger partial charge in [-0.25, -0.2) is 19.7 Å². The Kier molecular flexibility index (Phi) is 3.60. The number of aryl methyl sites for hydroxylation is 1. The first-order valence-electron chi connectivity index (χ1n) is 6.73. The molecule has 0 bridgehead atoms. The van der Waals surface area contributed by atoms with Crippen LogP contribution >= 0.6 is 0 Å². The van der Waals surface area contributed by atoms with Crippen molar-refractivity contribution in [2.24, 2.45) is 7.05 Å². The lowest BCUT2D eigenvalue weighted by atomic mass is 10.2. The van der Waals surface area contributed by atoms with Crippen molar-refractivity contribution in [1.82, 2.24) is 19.5 Å². The van der Waals surface area contributed by atoms with E-state index in [0.29, 0.717) is 17.9 Å². The van der Waals surface area contributed by atoms with E-state index in [4.69, 9.17) is 10.4 Å². The van der Waals surface area contributed by atoms with Crippen molar-refractivity contribution >= 4 is 22.8 Å². The van der Waals surface area contributed by atoms with Gasteiger partial charge in [0.25, 0.3) is 0 Å². The molecule has 1 aromatic carbocycles. The standard InChI is InChI=1S/C15H12N6O2/c1-21-12-3-2-9(15(22)23)4-11(12)20-14(21)8-19-13-7-17-10(5-16)6-18-13/h2-4,6-7H,8H2,1H3,(H,18,19)(H,22,23). The summed E-state index contributed by atoms with van der Waals surface area (Å²) in [6.45, 7) is 0.397. The summed E-state index contributed by atoms with van der Waals surface area (Å²) in [7, 11) is 1.86. The topological polar surface area (TPSA) is 117 Å². The molecule has 0 saturated heterocycles. The van der Waals surface area contributed by atoms with Crippen LogP contribution in [-0.4, -0.2) is 30.6 Å². The SMILES string of the molecule is Cn1c(CNc2cnc(C#N)cn2)nc2cc(C(=O)O)ccc21. The lowest BCUT2D eigenvalue weighted by molar-refractivity contribution is 0.0697. The number of imidazole rings is 1. The second kappa shape index (κ2) is 5.73. The molecule has 0 unspecified atom stereocenters. The van der Waals surface area contributed by atoms with Gasteiger partial charge in [0.05, 0.1) is 35.5 Å². The van der Waals surface area contributed by atoms with Crippen LogP contribution in [0.2, 0.25) is 0 Å². The minimum Gasteiger partial charge on any atom is -0.478 e. The molecule has 0 spiro atoms. The van der Waals surface area contributed by atoms with Gasteiger partial charge in [0.2, 0.25) is 0 Å². The molecule has 0 atom stereocenters. The second-order valence-electron chi connectivity index (χ2n) is 4.85. The first-order chi connectivity index (χ1) is 11.1. The number of rotatable bonds is 4. The summed E-state index contributed by atoms with van der Waals surface area (Å²) in [6, 6.07) is 6.73. The number of carboxylic acids is 1. The number of aromatic nitrogens is 4. The van der Waals surface area contributed by atoms with Crippen LogP contribution in [0, 0.1) is 11.3 Å². The average Bonchev–Trinajstić information content (AvgIpc) is 2.89. The van der Waals surface area contributed by atoms with Crippen molar-refractivity contribution < 1.29 is 9.90 Å². The number of fused-ring (bicyclic) bond motifs is 1. The van der Waals surface area contributed by atoms with Gasteiger partial charge in [-0.2, -0.15) is 5.26 Å². The third-order valence-electron chi connectivity index (χ3n) is 3.41. The van der Waals surface area contributed by atoms with Crippen LogP contribution in [0.15, 0.2) is 30.6 Å². The van der Waals surface area contributed by atoms with Gasteiger partial charge < -0.3 is 15.0 Å². The zero-order valence-corrected chi connectivity index (χ0v) is 12.2. The van der Waals surface area contributed by atoms with Gasteiger partial charge in [0.15, 0.2) is 5.69 Å². The first-order valence-corrected chi connectivity index (χ1v) is 6.73. The van der Waals surface area contributed by atoms with E-state index in [-0.39, 0.29) is 11.3 Å². The maximum Gasteiger partial charge on any atom is 0.335 e. The van der Waals surface area contributed by atoms with E-state index in [2.05, 4.69) is 20.3 Å². The van der Waals surface area contributed by atoms with E-state index in [9.17, 15) is 4.79 Å². The van der Waals surface area contributed by atoms with Crippen LogP contribution in [0.5, 0.6) is 0 Å². The van der Waals surface area contributed by atoms with Crippen LogP contribution in [0.1, 0.15) is 21.9 Å². The van der Waals surface area contributed by atoms with E-state index >= 15 is 0 Å². The molecule has 0 amide bonds. The predicted molar refractivity (Wildman–Crippen MR) is 81.7 cm³/mol. The molecule has 23 heavy (non-hydrogen) atoms. The Morgan fingerprint density at radius 1 is 1.39 bits per heavy atom. The van der Waals surface area contributed by atoms with Crippen molar-refractivity contribution in [2.75, 3.05) is 5.32 Å². The van der Waals surface area contributed by atoms with Gasteiger partial charge in [0, 0.05) is 7.05 Å². The molecule has 114 valence electrons. The molecule has 2 N–H and O–H groups in total. The number of aromatic carboxylic acids is 1. The Bertz CT molecular complexity index is 924. The van der Waals surface area contributed by atoms with Crippen molar-refractivity contribution in [2.45, 2.75) is 6.54 Å². The third-order valence-corrected chi connectivity index (χ3v) is 3.41. The van der Waals surface area contributed by atoms with Crippen LogP contribution in [0.4, 0.5) is 5.82 Å². The fourth-order valence-corrected chi connectivity index (χ4v) is 2.19. The highest BCUT2D eigenvalue weighted by Crippen LogP contribution is 2.17. The van der Waals surface area contributed by atoms with E-state index in [1.54, 1.807) is 18.2 Å². The summed E-state index contributed by atoms with van der Waals surface area (Å²) >= 11 is 0. The molecule has 2 heterocycles. The summed E-state index contributed by atoms with van der Waals surface area (Å²) in [5, 5.41) is 20.8. The lowest BCUT2D eigenvalue weighted by Gasteiger charge is -2.05. The largest absolute Gasteiger partial charge is 0.478 e. The number of nitrogens with zero attached hydrogens (tertiary/aromatic N) is 5. The minimum absolute atomic E-state index is 0.202. The molecule has 3 aromatic rings. The molecule has 0 aliphatic heterocycles. The smallest absolute Gasteiger partial charge is 0.335 e. The molecule has 0 saturated carbocycles. The summed E-state index contributed by atoms with van der Waals surface area (Å²) in [4.78, 5) is 23.5. The highest BCUT2D eigenvalue weighted by atomic mass is 16.4. The molecule has 8 nitrogen and oxygen atoms in total. The average molecular weight is 308 g/mol. The molecule has 2 aromatic heterocycles. The molecular formula is C15H12N6O2. The van der Waals surface area contributed by atoms with Crippen molar-refractivity contribution in [1.29, 1.82) is 5.26 Å². The number of anilines is 1. The van der Waals surface area contributed by atoms with Gasteiger partial charge in [-0.05, 0) is 18.2 Å². The van der Waals surface area contributed by atoms with Crippen molar-refractivity contribution in [3.8, 4) is 6.07 Å². The van der Waals surface area contributed by atoms with E-state index in [1.807, 2.05) is 17.7 Å². The van der Waals surface area contributed by atoms with Gasteiger partial charge in [0.1, 0.15) is 17.7 Å². The van der Waals surface area contributed by atoms with Gasteiger partial charge >= 0.3 is 5.97 Å². The van der Waals surface area contributed by atoms with Gasteiger partial charge in [-0.1, -0.05) is 0 Å². The highest BCUT2D eigenvalue weighted by Gasteiger charge is 2.11. The van der Waals surface area contributed by atoms with E-state index in [0.717, 1.165) is 11.3 Å². The monoisotopic (exact) mass is 308 g/mol. The van der Waals surface area contributed by atoms with Crippen LogP contribution in [-0.2, 0) is 13.6 Å². The molecule has 0 radical (unpaired) electrons. The number of nitriles is 1. The van der Waals surface area contributed by atoms with Gasteiger partial charge in [-0.3, -0.25) is 0 Å². The number of hydrogen-bond acceptors (Lipinski definition) is 6. The normalized spacial score (nSPS) is 10.4. The molecule has 8 heteroatoms. The Hall–Kier alpha value is -3.47. The molecule has 0 aliphatic carbocycles. The molecule has 0 fully saturated rings. The number of carbonyl (C=O) groups is 1. The maximum atomic E-state index is 11.0. The summed E-state index contributed by atoms with van der Waals surface area (Å²) < 4.78 is 1.88. The molecule has 3 rings (SSSR count). The van der Waals surface area contributed by atoms with Crippen molar-refractivity contribution in [3.05, 3.63) is 47.7 Å². The fraction of sp³-hybridized carbons (Fsp3) is 0.133. The van der Waals surface area contributed by atoms with Crippen LogP contribution in [0.3, 0.4) is 0 Å². The number of nitrogens with one attached hydrogen (secondary N) is 1. The number of carboxylic acid groups (broad SMARTS) is 1. The summed E-state index contributed by atoms with van der Waals surface area (Å²) in [5.74, 6) is 0.279. The molecule has 0 aliphatic rings. The highest BCUT2D eigenvalue weighted by molar-refractivity contribution is 5.92. The lowest BCUT2D eigenvalue weighted by Crippen LogP contribution is -2.07. The van der Waals surface area contributed by atoms with Crippen LogP contribution < -0.4 is 5.32 Å². The third kappa shape index (κ3) is 2.80. The van der Waals surface area contributed by atoms with E-state index in [1.165, 1.54) is 12.4 Å². The Balaban J connectivity index is 1.83. The van der Waals surface area contributed by atoms with E-state index < -0.39 is 5.97 Å². The summed E-state index contributed by atoms with van der Waals surface area (Å²) in [5.41, 5.74) is 1.92. The van der Waals surface area contributed by atoms with Crippen LogP contribution in [0.25, 0.3) is 11.0 Å². The predicted octanol–water partition coefficient (Wildman–Crippen LogP) is 1.55. The zero-order chi connectivity index (χ0) is 16.4. The van der Waals surface area contributed by atoms with Crippen molar-refractivity contribution in [3.63, 3.8) is 0 Å². The summed E-state index contributed by atoms with van der Waals surface area (Å²) in [6.07, 6.45) is 2.86. The van der Waals surface area contributed by atoms with Gasteiger partial charge in [-0.15, -0.1) is 0 Å². The zero-order valence-electron chi connectivity index (χ0n) is 12.2. The maximum absolute atomic E-state index is 11.0. The molecular weight excluding hydrogens is 296 g/mol. The number of hydrogen-bond donors (Lipinski definition) is 2. The Labute approximate surface area is 131 Å². The first kappa shape index (κ1) is 14.5. The second-order valence-corrected chi connectivity index (χ2v) is 4.85.